The number of thiophene rings is 1. The van der Waals surface area contributed by atoms with Gasteiger partial charge in [0.25, 0.3) is 5.91 Å². The molecule has 19 heavy (non-hydrogen) atoms. The third-order valence-corrected chi connectivity index (χ3v) is 3.38. The zero-order chi connectivity index (χ0) is 13.8. The topological polar surface area (TPSA) is 57.6 Å². The first kappa shape index (κ1) is 13.6. The minimum Gasteiger partial charge on any atom is -0.480 e. The van der Waals surface area contributed by atoms with E-state index in [1.54, 1.807) is 41.1 Å². The molecule has 1 aromatic heterocycles. The Morgan fingerprint density at radius 3 is 2.42 bits per heavy atom. The smallest absolute Gasteiger partial charge is 0.323 e. The Hall–Kier alpha value is -1.85. The molecule has 0 atom stereocenters. The number of hydrogen-bond acceptors (Lipinski definition) is 3. The van der Waals surface area contributed by atoms with Crippen molar-refractivity contribution in [2.24, 2.45) is 0 Å². The molecule has 0 fully saturated rings. The standard InChI is InChI=1S/C13H10ClNO3S/c14-10-1-3-11(4-2-10)15(7-12(16)17)13(18)9-5-6-19-8-9/h1-6,8H,7H2,(H,16,17). The molecular formula is C13H10ClNO3S. The summed E-state index contributed by atoms with van der Waals surface area (Å²) in [7, 11) is 0. The average Bonchev–Trinajstić information content (AvgIpc) is 2.90. The lowest BCUT2D eigenvalue weighted by atomic mass is 10.2. The molecule has 0 aliphatic rings. The molecule has 0 saturated heterocycles. The molecule has 0 aliphatic carbocycles. The van der Waals surface area contributed by atoms with E-state index in [0.29, 0.717) is 16.3 Å². The Bertz CT molecular complexity index is 580. The summed E-state index contributed by atoms with van der Waals surface area (Å²) in [6.07, 6.45) is 0. The Labute approximate surface area is 118 Å². The van der Waals surface area contributed by atoms with Gasteiger partial charge in [-0.2, -0.15) is 11.3 Å². The van der Waals surface area contributed by atoms with Crippen LogP contribution in [-0.2, 0) is 4.79 Å². The maximum Gasteiger partial charge on any atom is 0.323 e. The number of anilines is 1. The number of carboxylic acids is 1. The van der Waals surface area contributed by atoms with Crippen LogP contribution in [0.5, 0.6) is 0 Å². The number of aliphatic carboxylic acids is 1. The van der Waals surface area contributed by atoms with Crippen LogP contribution in [0.3, 0.4) is 0 Å². The zero-order valence-corrected chi connectivity index (χ0v) is 11.3. The monoisotopic (exact) mass is 295 g/mol. The van der Waals surface area contributed by atoms with Crippen molar-refractivity contribution in [3.63, 3.8) is 0 Å². The summed E-state index contributed by atoms with van der Waals surface area (Å²) in [6.45, 7) is -0.393. The van der Waals surface area contributed by atoms with Crippen molar-refractivity contribution in [2.75, 3.05) is 11.4 Å². The molecule has 1 amide bonds. The van der Waals surface area contributed by atoms with Gasteiger partial charge in [-0.1, -0.05) is 11.6 Å². The minimum absolute atomic E-state index is 0.342. The van der Waals surface area contributed by atoms with E-state index in [4.69, 9.17) is 16.7 Å². The van der Waals surface area contributed by atoms with Crippen molar-refractivity contribution < 1.29 is 14.7 Å². The van der Waals surface area contributed by atoms with E-state index in [-0.39, 0.29) is 5.91 Å². The second kappa shape index (κ2) is 5.86. The molecule has 1 heterocycles. The van der Waals surface area contributed by atoms with Crippen LogP contribution in [0.1, 0.15) is 10.4 Å². The summed E-state index contributed by atoms with van der Waals surface area (Å²) in [4.78, 5) is 24.4. The van der Waals surface area contributed by atoms with Crippen molar-refractivity contribution in [1.29, 1.82) is 0 Å². The molecule has 6 heteroatoms. The predicted molar refractivity (Wildman–Crippen MR) is 75.1 cm³/mol. The van der Waals surface area contributed by atoms with Crippen LogP contribution >= 0.6 is 22.9 Å². The first-order valence-corrected chi connectivity index (χ1v) is 6.71. The Kier molecular flexibility index (Phi) is 4.19. The fraction of sp³-hybridized carbons (Fsp3) is 0.0769. The first-order valence-electron chi connectivity index (χ1n) is 5.39. The van der Waals surface area contributed by atoms with E-state index < -0.39 is 12.5 Å². The van der Waals surface area contributed by atoms with Crippen LogP contribution in [0.15, 0.2) is 41.1 Å². The molecule has 4 nitrogen and oxygen atoms in total. The van der Waals surface area contributed by atoms with E-state index in [2.05, 4.69) is 0 Å². The number of carbonyl (C=O) groups excluding carboxylic acids is 1. The number of rotatable bonds is 4. The molecule has 0 radical (unpaired) electrons. The van der Waals surface area contributed by atoms with E-state index >= 15 is 0 Å². The maximum absolute atomic E-state index is 12.3. The van der Waals surface area contributed by atoms with Gasteiger partial charge in [0.05, 0.1) is 5.56 Å². The summed E-state index contributed by atoms with van der Waals surface area (Å²) in [6, 6.07) is 8.14. The molecular weight excluding hydrogens is 286 g/mol. The summed E-state index contributed by atoms with van der Waals surface area (Å²) < 4.78 is 0. The van der Waals surface area contributed by atoms with E-state index in [1.165, 1.54) is 16.2 Å². The summed E-state index contributed by atoms with van der Waals surface area (Å²) in [5.41, 5.74) is 0.976. The summed E-state index contributed by atoms with van der Waals surface area (Å²) in [5.74, 6) is -1.41. The molecule has 0 spiro atoms. The van der Waals surface area contributed by atoms with Crippen LogP contribution in [-0.4, -0.2) is 23.5 Å². The molecule has 0 bridgehead atoms. The van der Waals surface area contributed by atoms with Crippen molar-refractivity contribution in [1.82, 2.24) is 0 Å². The fourth-order valence-corrected chi connectivity index (χ4v) is 2.33. The summed E-state index contributed by atoms with van der Waals surface area (Å²) in [5, 5.41) is 12.9. The molecule has 2 aromatic rings. The highest BCUT2D eigenvalue weighted by molar-refractivity contribution is 7.08. The van der Waals surface area contributed by atoms with E-state index in [1.807, 2.05) is 0 Å². The van der Waals surface area contributed by atoms with Crippen LogP contribution in [0.4, 0.5) is 5.69 Å². The van der Waals surface area contributed by atoms with Gasteiger partial charge in [0.2, 0.25) is 0 Å². The maximum atomic E-state index is 12.3. The molecule has 1 N–H and O–H groups in total. The second-order valence-electron chi connectivity index (χ2n) is 3.77. The van der Waals surface area contributed by atoms with Crippen LogP contribution in [0, 0.1) is 0 Å². The minimum atomic E-state index is -1.07. The van der Waals surface area contributed by atoms with Crippen molar-refractivity contribution >= 4 is 40.5 Å². The lowest BCUT2D eigenvalue weighted by Crippen LogP contribution is -2.35. The van der Waals surface area contributed by atoms with Crippen molar-refractivity contribution in [2.45, 2.75) is 0 Å². The summed E-state index contributed by atoms with van der Waals surface area (Å²) >= 11 is 7.17. The van der Waals surface area contributed by atoms with Gasteiger partial charge in [0, 0.05) is 16.1 Å². The first-order chi connectivity index (χ1) is 9.08. The number of halogens is 1. The SMILES string of the molecule is O=C(O)CN(C(=O)c1ccsc1)c1ccc(Cl)cc1. The Balaban J connectivity index is 2.33. The van der Waals surface area contributed by atoms with Gasteiger partial charge in [-0.15, -0.1) is 0 Å². The molecule has 0 unspecified atom stereocenters. The number of amides is 1. The third kappa shape index (κ3) is 3.33. The lowest BCUT2D eigenvalue weighted by Gasteiger charge is -2.20. The lowest BCUT2D eigenvalue weighted by molar-refractivity contribution is -0.135. The van der Waals surface area contributed by atoms with Crippen molar-refractivity contribution in [3.05, 3.63) is 51.7 Å². The molecule has 0 aliphatic heterocycles. The predicted octanol–water partition coefficient (Wildman–Crippen LogP) is 3.13. The quantitative estimate of drug-likeness (QED) is 0.943. The molecule has 1 aromatic carbocycles. The Morgan fingerprint density at radius 1 is 1.21 bits per heavy atom. The Morgan fingerprint density at radius 2 is 1.89 bits per heavy atom. The van der Waals surface area contributed by atoms with Gasteiger partial charge < -0.3 is 5.11 Å². The van der Waals surface area contributed by atoms with Crippen LogP contribution in [0.2, 0.25) is 5.02 Å². The van der Waals surface area contributed by atoms with E-state index in [0.717, 1.165) is 0 Å². The van der Waals surface area contributed by atoms with Crippen molar-refractivity contribution in [3.8, 4) is 0 Å². The number of benzene rings is 1. The van der Waals surface area contributed by atoms with Gasteiger partial charge >= 0.3 is 5.97 Å². The highest BCUT2D eigenvalue weighted by Gasteiger charge is 2.20. The van der Waals surface area contributed by atoms with Crippen LogP contribution < -0.4 is 4.90 Å². The fourth-order valence-electron chi connectivity index (χ4n) is 1.58. The highest BCUT2D eigenvalue weighted by atomic mass is 35.5. The van der Waals surface area contributed by atoms with Gasteiger partial charge in [0.1, 0.15) is 6.54 Å². The normalized spacial score (nSPS) is 10.2. The average molecular weight is 296 g/mol. The number of nitrogens with zero attached hydrogens (tertiary/aromatic N) is 1. The van der Waals surface area contributed by atoms with Gasteiger partial charge in [-0.3, -0.25) is 14.5 Å². The number of carbonyl (C=O) groups is 2. The molecule has 98 valence electrons. The molecule has 0 saturated carbocycles. The third-order valence-electron chi connectivity index (χ3n) is 2.44. The number of hydrogen-bond donors (Lipinski definition) is 1. The highest BCUT2D eigenvalue weighted by Crippen LogP contribution is 2.20. The second-order valence-corrected chi connectivity index (χ2v) is 4.99. The van der Waals surface area contributed by atoms with E-state index in [9.17, 15) is 9.59 Å². The van der Waals surface area contributed by atoms with Gasteiger partial charge in [-0.25, -0.2) is 0 Å². The zero-order valence-electron chi connectivity index (χ0n) is 9.75. The van der Waals surface area contributed by atoms with Gasteiger partial charge in [-0.05, 0) is 35.7 Å². The molecule has 2 rings (SSSR count). The van der Waals surface area contributed by atoms with Crippen LogP contribution in [0.25, 0.3) is 0 Å². The van der Waals surface area contributed by atoms with Gasteiger partial charge in [0.15, 0.2) is 0 Å². The number of carboxylic acid groups (broad SMARTS) is 1. The largest absolute Gasteiger partial charge is 0.480 e.